The third-order valence-corrected chi connectivity index (χ3v) is 5.23. The summed E-state index contributed by atoms with van der Waals surface area (Å²) in [6.07, 6.45) is 2.48. The first-order chi connectivity index (χ1) is 10.5. The molecule has 0 unspecified atom stereocenters. The van der Waals surface area contributed by atoms with Crippen molar-refractivity contribution in [2.75, 3.05) is 13.1 Å². The topological polar surface area (TPSA) is 63.9 Å². The van der Waals surface area contributed by atoms with Gasteiger partial charge in [0.2, 0.25) is 0 Å². The van der Waals surface area contributed by atoms with E-state index >= 15 is 0 Å². The maximum absolute atomic E-state index is 10.5. The van der Waals surface area contributed by atoms with Crippen LogP contribution in [-0.2, 0) is 13.0 Å². The van der Waals surface area contributed by atoms with E-state index in [9.17, 15) is 15.3 Å². The molecule has 2 heterocycles. The Balaban J connectivity index is 1.86. The van der Waals surface area contributed by atoms with E-state index in [4.69, 9.17) is 0 Å². The van der Waals surface area contributed by atoms with Gasteiger partial charge in [0.15, 0.2) is 0 Å². The first kappa shape index (κ1) is 15.8. The molecule has 0 aromatic heterocycles. The molecule has 4 heteroatoms. The molecule has 2 aliphatic heterocycles. The van der Waals surface area contributed by atoms with E-state index in [0.29, 0.717) is 17.4 Å². The number of aliphatic hydroxyl groups is 2. The number of rotatable bonds is 3. The molecule has 0 saturated carbocycles. The second-order valence-electron chi connectivity index (χ2n) is 7.29. The lowest BCUT2D eigenvalue weighted by atomic mass is 9.79. The lowest BCUT2D eigenvalue weighted by molar-refractivity contribution is -0.0191. The van der Waals surface area contributed by atoms with Crippen LogP contribution in [-0.4, -0.2) is 39.4 Å². The Bertz CT molecular complexity index is 543. The zero-order valence-electron chi connectivity index (χ0n) is 13.5. The third kappa shape index (κ3) is 2.87. The standard InChI is InChI=1S/C18H27NO3/c1-11(2)5-13-9-19-4-3-12-7-17(21)14(10-20)6-15(12)16(19)8-18(13)22/h6-7,11,13,16,18,20-22H,3-5,8-10H2,1-2H3/t13-,16+,18-/m0/s1. The summed E-state index contributed by atoms with van der Waals surface area (Å²) in [7, 11) is 0. The van der Waals surface area contributed by atoms with E-state index in [1.165, 1.54) is 5.56 Å². The molecule has 0 bridgehead atoms. The van der Waals surface area contributed by atoms with Crippen LogP contribution in [0.25, 0.3) is 0 Å². The number of phenols is 1. The first-order valence-corrected chi connectivity index (χ1v) is 8.37. The highest BCUT2D eigenvalue weighted by Crippen LogP contribution is 2.41. The van der Waals surface area contributed by atoms with Crippen LogP contribution in [0.15, 0.2) is 12.1 Å². The average molecular weight is 305 g/mol. The fraction of sp³-hybridized carbons (Fsp3) is 0.667. The Kier molecular flexibility index (Phi) is 4.44. The molecular formula is C18H27NO3. The molecule has 3 N–H and O–H groups in total. The maximum atomic E-state index is 10.5. The predicted molar refractivity (Wildman–Crippen MR) is 85.6 cm³/mol. The molecule has 3 rings (SSSR count). The van der Waals surface area contributed by atoms with Gasteiger partial charge in [-0.05, 0) is 54.4 Å². The summed E-state index contributed by atoms with van der Waals surface area (Å²) < 4.78 is 0. The average Bonchev–Trinajstić information content (AvgIpc) is 2.47. The Morgan fingerprint density at radius 2 is 2.09 bits per heavy atom. The van der Waals surface area contributed by atoms with E-state index < -0.39 is 0 Å². The number of aromatic hydroxyl groups is 1. The molecule has 1 aromatic rings. The molecule has 3 atom stereocenters. The minimum atomic E-state index is -0.263. The fourth-order valence-corrected chi connectivity index (χ4v) is 4.14. The molecule has 4 nitrogen and oxygen atoms in total. The highest BCUT2D eigenvalue weighted by atomic mass is 16.3. The molecule has 0 aliphatic carbocycles. The van der Waals surface area contributed by atoms with Crippen LogP contribution in [0, 0.1) is 11.8 Å². The summed E-state index contributed by atoms with van der Waals surface area (Å²) in [5.41, 5.74) is 2.92. The molecular weight excluding hydrogens is 278 g/mol. The molecule has 1 aromatic carbocycles. The molecule has 1 saturated heterocycles. The minimum Gasteiger partial charge on any atom is -0.508 e. The lowest BCUT2D eigenvalue weighted by Crippen LogP contribution is -2.48. The normalized spacial score (nSPS) is 28.5. The van der Waals surface area contributed by atoms with E-state index in [0.717, 1.165) is 37.9 Å². The van der Waals surface area contributed by atoms with E-state index in [2.05, 4.69) is 18.7 Å². The van der Waals surface area contributed by atoms with Crippen LogP contribution in [0.5, 0.6) is 5.75 Å². The van der Waals surface area contributed by atoms with Gasteiger partial charge in [-0.1, -0.05) is 13.8 Å². The van der Waals surface area contributed by atoms with Crippen molar-refractivity contribution >= 4 is 0 Å². The SMILES string of the molecule is CC(C)C[C@H]1CN2CCc3cc(O)c(CO)cc3[C@H]2C[C@@H]1O. The highest BCUT2D eigenvalue weighted by Gasteiger charge is 2.38. The van der Waals surface area contributed by atoms with Gasteiger partial charge >= 0.3 is 0 Å². The fourth-order valence-electron chi connectivity index (χ4n) is 4.14. The van der Waals surface area contributed by atoms with Crippen molar-refractivity contribution in [2.24, 2.45) is 11.8 Å². The minimum absolute atomic E-state index is 0.148. The van der Waals surface area contributed by atoms with Crippen molar-refractivity contribution < 1.29 is 15.3 Å². The first-order valence-electron chi connectivity index (χ1n) is 8.37. The number of fused-ring (bicyclic) bond motifs is 3. The van der Waals surface area contributed by atoms with Crippen LogP contribution < -0.4 is 0 Å². The van der Waals surface area contributed by atoms with Gasteiger partial charge in [0.05, 0.1) is 12.7 Å². The van der Waals surface area contributed by atoms with Crippen LogP contribution in [0.2, 0.25) is 0 Å². The predicted octanol–water partition coefficient (Wildman–Crippen LogP) is 2.21. The van der Waals surface area contributed by atoms with E-state index in [-0.39, 0.29) is 24.5 Å². The van der Waals surface area contributed by atoms with Crippen LogP contribution >= 0.6 is 0 Å². The van der Waals surface area contributed by atoms with Crippen molar-refractivity contribution in [2.45, 2.75) is 51.9 Å². The van der Waals surface area contributed by atoms with Crippen molar-refractivity contribution in [3.05, 3.63) is 28.8 Å². The number of piperidine rings is 1. The van der Waals surface area contributed by atoms with Gasteiger partial charge in [0.1, 0.15) is 5.75 Å². The summed E-state index contributed by atoms with van der Waals surface area (Å²) in [4.78, 5) is 2.47. The van der Waals surface area contributed by atoms with Crippen molar-refractivity contribution in [1.82, 2.24) is 4.90 Å². The zero-order chi connectivity index (χ0) is 15.9. The summed E-state index contributed by atoms with van der Waals surface area (Å²) in [5.74, 6) is 1.14. The summed E-state index contributed by atoms with van der Waals surface area (Å²) in [5, 5.41) is 29.9. The molecule has 122 valence electrons. The van der Waals surface area contributed by atoms with Crippen LogP contribution in [0.1, 0.15) is 49.4 Å². The number of nitrogens with zero attached hydrogens (tertiary/aromatic N) is 1. The van der Waals surface area contributed by atoms with Gasteiger partial charge in [-0.2, -0.15) is 0 Å². The molecule has 0 radical (unpaired) electrons. The van der Waals surface area contributed by atoms with Crippen molar-refractivity contribution in [3.8, 4) is 5.75 Å². The Hall–Kier alpha value is -1.10. The van der Waals surface area contributed by atoms with Crippen molar-refractivity contribution in [3.63, 3.8) is 0 Å². The Morgan fingerprint density at radius 3 is 2.77 bits per heavy atom. The second kappa shape index (κ2) is 6.19. The summed E-state index contributed by atoms with van der Waals surface area (Å²) in [6.45, 7) is 6.20. The van der Waals surface area contributed by atoms with Gasteiger partial charge in [-0.3, -0.25) is 4.90 Å². The number of hydrogen-bond acceptors (Lipinski definition) is 4. The number of hydrogen-bond donors (Lipinski definition) is 3. The molecule has 0 spiro atoms. The Morgan fingerprint density at radius 1 is 1.32 bits per heavy atom. The second-order valence-corrected chi connectivity index (χ2v) is 7.29. The van der Waals surface area contributed by atoms with Gasteiger partial charge in [0.25, 0.3) is 0 Å². The van der Waals surface area contributed by atoms with Crippen LogP contribution in [0.4, 0.5) is 0 Å². The molecule has 22 heavy (non-hydrogen) atoms. The number of benzene rings is 1. The summed E-state index contributed by atoms with van der Waals surface area (Å²) in [6, 6.07) is 3.94. The zero-order valence-corrected chi connectivity index (χ0v) is 13.5. The van der Waals surface area contributed by atoms with Gasteiger partial charge < -0.3 is 15.3 Å². The van der Waals surface area contributed by atoms with E-state index in [1.807, 2.05) is 6.07 Å². The molecule has 1 fully saturated rings. The molecule has 0 amide bonds. The van der Waals surface area contributed by atoms with Crippen molar-refractivity contribution in [1.29, 1.82) is 0 Å². The van der Waals surface area contributed by atoms with Gasteiger partial charge in [0, 0.05) is 24.7 Å². The summed E-state index contributed by atoms with van der Waals surface area (Å²) >= 11 is 0. The maximum Gasteiger partial charge on any atom is 0.121 e. The monoisotopic (exact) mass is 305 g/mol. The lowest BCUT2D eigenvalue weighted by Gasteiger charge is -2.46. The highest BCUT2D eigenvalue weighted by molar-refractivity contribution is 5.44. The largest absolute Gasteiger partial charge is 0.508 e. The third-order valence-electron chi connectivity index (χ3n) is 5.23. The quantitative estimate of drug-likeness (QED) is 0.801. The van der Waals surface area contributed by atoms with Gasteiger partial charge in [-0.15, -0.1) is 0 Å². The van der Waals surface area contributed by atoms with Gasteiger partial charge in [-0.25, -0.2) is 0 Å². The number of aliphatic hydroxyl groups excluding tert-OH is 2. The Labute approximate surface area is 132 Å². The smallest absolute Gasteiger partial charge is 0.121 e. The van der Waals surface area contributed by atoms with E-state index in [1.54, 1.807) is 6.07 Å². The van der Waals surface area contributed by atoms with Crippen LogP contribution in [0.3, 0.4) is 0 Å². The molecule has 2 aliphatic rings.